The molecule has 0 amide bonds. The summed E-state index contributed by atoms with van der Waals surface area (Å²) in [5, 5.41) is 22.4. The fourth-order valence-electron chi connectivity index (χ4n) is 4.95. The molecule has 2 aromatic rings. The van der Waals surface area contributed by atoms with E-state index in [1.54, 1.807) is 0 Å². The summed E-state index contributed by atoms with van der Waals surface area (Å²) >= 11 is 0. The van der Waals surface area contributed by atoms with E-state index in [4.69, 9.17) is 9.47 Å². The zero-order chi connectivity index (χ0) is 20.5. The molecule has 0 aliphatic heterocycles. The summed E-state index contributed by atoms with van der Waals surface area (Å²) in [5.41, 5.74) is 3.86. The van der Waals surface area contributed by atoms with Crippen molar-refractivity contribution in [2.75, 3.05) is 13.2 Å². The minimum absolute atomic E-state index is 0.319. The van der Waals surface area contributed by atoms with Gasteiger partial charge in [0, 0.05) is 21.9 Å². The molecule has 158 valence electrons. The maximum atomic E-state index is 10.1. The molecule has 2 bridgehead atoms. The van der Waals surface area contributed by atoms with Gasteiger partial charge in [0.1, 0.15) is 24.7 Å². The highest BCUT2D eigenvalue weighted by Gasteiger charge is 2.43. The van der Waals surface area contributed by atoms with Crippen LogP contribution in [0.3, 0.4) is 0 Å². The third-order valence-electron chi connectivity index (χ3n) is 6.79. The topological polar surface area (TPSA) is 58.9 Å². The van der Waals surface area contributed by atoms with Gasteiger partial charge >= 0.3 is 0 Å². The molecule has 2 aliphatic rings. The standard InChI is InChI=1S/C25H34O4/c1-4-15-7-10-20-21(11-15)25(29-14-19(27)6-3)23-17-9-8-16(12-17)22(23)24(20)28-13-18(26)5-2/h7,10-11,16-19,26-27H,4-6,8-9,12-14H2,1-3H3. The second kappa shape index (κ2) is 8.53. The second-order valence-corrected chi connectivity index (χ2v) is 8.67. The van der Waals surface area contributed by atoms with Crippen LogP contribution >= 0.6 is 0 Å². The van der Waals surface area contributed by atoms with Crippen molar-refractivity contribution >= 4 is 10.8 Å². The largest absolute Gasteiger partial charge is 0.490 e. The third kappa shape index (κ3) is 3.73. The summed E-state index contributed by atoms with van der Waals surface area (Å²) in [6.07, 6.45) is 4.96. The second-order valence-electron chi connectivity index (χ2n) is 8.67. The molecule has 4 atom stereocenters. The van der Waals surface area contributed by atoms with Crippen molar-refractivity contribution in [1.29, 1.82) is 0 Å². The number of aliphatic hydroxyl groups excluding tert-OH is 2. The fourth-order valence-corrected chi connectivity index (χ4v) is 4.95. The number of rotatable bonds is 9. The van der Waals surface area contributed by atoms with Gasteiger partial charge in [-0.15, -0.1) is 0 Å². The van der Waals surface area contributed by atoms with E-state index in [1.165, 1.54) is 29.5 Å². The van der Waals surface area contributed by atoms with E-state index in [-0.39, 0.29) is 0 Å². The minimum atomic E-state index is -0.454. The Hall–Kier alpha value is -1.78. The average Bonchev–Trinajstić information content (AvgIpc) is 3.37. The minimum Gasteiger partial charge on any atom is -0.490 e. The van der Waals surface area contributed by atoms with Crippen LogP contribution in [0.4, 0.5) is 0 Å². The van der Waals surface area contributed by atoms with Gasteiger partial charge in [-0.25, -0.2) is 0 Å². The molecule has 4 nitrogen and oxygen atoms in total. The molecular formula is C25H34O4. The summed E-state index contributed by atoms with van der Waals surface area (Å²) in [6.45, 7) is 6.75. The highest BCUT2D eigenvalue weighted by Crippen LogP contribution is 2.61. The molecular weight excluding hydrogens is 364 g/mol. The molecule has 2 aliphatic carbocycles. The molecule has 4 unspecified atom stereocenters. The lowest BCUT2D eigenvalue weighted by Crippen LogP contribution is -2.19. The van der Waals surface area contributed by atoms with Crippen LogP contribution in [0.1, 0.15) is 81.4 Å². The van der Waals surface area contributed by atoms with Crippen LogP contribution in [0.25, 0.3) is 10.8 Å². The van der Waals surface area contributed by atoms with Crippen molar-refractivity contribution < 1.29 is 19.7 Å². The molecule has 2 N–H and O–H groups in total. The van der Waals surface area contributed by atoms with Crippen LogP contribution in [0.5, 0.6) is 11.5 Å². The van der Waals surface area contributed by atoms with Gasteiger partial charge in [0.2, 0.25) is 0 Å². The van der Waals surface area contributed by atoms with Gasteiger partial charge in [-0.1, -0.05) is 32.9 Å². The first kappa shape index (κ1) is 20.5. The number of hydrogen-bond acceptors (Lipinski definition) is 4. The molecule has 1 saturated carbocycles. The summed E-state index contributed by atoms with van der Waals surface area (Å²) < 4.78 is 12.6. The van der Waals surface area contributed by atoms with Crippen LogP contribution in [0.2, 0.25) is 0 Å². The number of hydrogen-bond donors (Lipinski definition) is 2. The molecule has 4 rings (SSSR count). The van der Waals surface area contributed by atoms with E-state index in [9.17, 15) is 10.2 Å². The number of aryl methyl sites for hydroxylation is 1. The monoisotopic (exact) mass is 398 g/mol. The van der Waals surface area contributed by atoms with E-state index in [0.717, 1.165) is 35.1 Å². The lowest BCUT2D eigenvalue weighted by atomic mass is 9.86. The number of aliphatic hydroxyl groups is 2. The molecule has 1 fully saturated rings. The Labute approximate surface area is 173 Å². The number of ether oxygens (including phenoxy) is 2. The van der Waals surface area contributed by atoms with Crippen LogP contribution in [0, 0.1) is 0 Å². The molecule has 0 aromatic heterocycles. The van der Waals surface area contributed by atoms with Gasteiger partial charge in [0.15, 0.2) is 0 Å². The maximum absolute atomic E-state index is 10.1. The predicted octanol–water partition coefficient (Wildman–Crippen LogP) is 5.07. The van der Waals surface area contributed by atoms with Gasteiger partial charge in [0.25, 0.3) is 0 Å². The van der Waals surface area contributed by atoms with Gasteiger partial charge in [-0.2, -0.15) is 0 Å². The van der Waals surface area contributed by atoms with Crippen molar-refractivity contribution in [2.24, 2.45) is 0 Å². The van der Waals surface area contributed by atoms with Gasteiger partial charge in [-0.3, -0.25) is 0 Å². The summed E-state index contributed by atoms with van der Waals surface area (Å²) in [6, 6.07) is 6.53. The summed E-state index contributed by atoms with van der Waals surface area (Å²) in [5.74, 6) is 2.92. The average molecular weight is 399 g/mol. The van der Waals surface area contributed by atoms with Crippen molar-refractivity contribution in [3.63, 3.8) is 0 Å². The Morgan fingerprint density at radius 3 is 1.93 bits per heavy atom. The van der Waals surface area contributed by atoms with Crippen LogP contribution in [-0.4, -0.2) is 35.6 Å². The molecule has 0 radical (unpaired) electrons. The van der Waals surface area contributed by atoms with E-state index >= 15 is 0 Å². The quantitative estimate of drug-likeness (QED) is 0.619. The van der Waals surface area contributed by atoms with Crippen molar-refractivity contribution in [1.82, 2.24) is 0 Å². The van der Waals surface area contributed by atoms with Crippen molar-refractivity contribution in [2.45, 2.75) is 83.3 Å². The fraction of sp³-hybridized carbons (Fsp3) is 0.600. The lowest BCUT2D eigenvalue weighted by Gasteiger charge is -2.26. The highest BCUT2D eigenvalue weighted by molar-refractivity contribution is 5.97. The SMILES string of the molecule is CCc1ccc2c(OCC(O)CC)c3c(c(OCC(O)CC)c2c1)C1CCC3C1. The Balaban J connectivity index is 1.88. The zero-order valence-electron chi connectivity index (χ0n) is 17.9. The van der Waals surface area contributed by atoms with Gasteiger partial charge < -0.3 is 19.7 Å². The van der Waals surface area contributed by atoms with Crippen molar-refractivity contribution in [3.8, 4) is 11.5 Å². The van der Waals surface area contributed by atoms with Crippen LogP contribution in [0.15, 0.2) is 18.2 Å². The Morgan fingerprint density at radius 1 is 0.862 bits per heavy atom. The Kier molecular flexibility index (Phi) is 6.03. The van der Waals surface area contributed by atoms with Crippen LogP contribution in [-0.2, 0) is 6.42 Å². The van der Waals surface area contributed by atoms with Gasteiger partial charge in [0.05, 0.1) is 12.2 Å². The van der Waals surface area contributed by atoms with Crippen molar-refractivity contribution in [3.05, 3.63) is 34.9 Å². The van der Waals surface area contributed by atoms with Gasteiger partial charge in [-0.05, 0) is 62.0 Å². The molecule has 29 heavy (non-hydrogen) atoms. The normalized spacial score (nSPS) is 22.0. The summed E-state index contributed by atoms with van der Waals surface area (Å²) in [7, 11) is 0. The maximum Gasteiger partial charge on any atom is 0.131 e. The molecule has 0 heterocycles. The third-order valence-corrected chi connectivity index (χ3v) is 6.79. The predicted molar refractivity (Wildman–Crippen MR) is 116 cm³/mol. The molecule has 4 heteroatoms. The van der Waals surface area contributed by atoms with Crippen LogP contribution < -0.4 is 9.47 Å². The Morgan fingerprint density at radius 2 is 1.41 bits per heavy atom. The molecule has 0 saturated heterocycles. The zero-order valence-corrected chi connectivity index (χ0v) is 17.9. The molecule has 2 aromatic carbocycles. The first-order chi connectivity index (χ1) is 14.1. The molecule has 0 spiro atoms. The first-order valence-electron chi connectivity index (χ1n) is 11.3. The first-order valence-corrected chi connectivity index (χ1v) is 11.3. The number of fused-ring (bicyclic) bond motifs is 6. The Bertz CT molecular complexity index is 875. The number of benzene rings is 2. The highest BCUT2D eigenvalue weighted by atomic mass is 16.5. The summed E-state index contributed by atoms with van der Waals surface area (Å²) in [4.78, 5) is 0. The van der Waals surface area contributed by atoms with E-state index < -0.39 is 12.2 Å². The van der Waals surface area contributed by atoms with E-state index in [2.05, 4.69) is 25.1 Å². The lowest BCUT2D eigenvalue weighted by molar-refractivity contribution is 0.102. The smallest absolute Gasteiger partial charge is 0.131 e. The van der Waals surface area contributed by atoms with E-state index in [1.807, 2.05) is 13.8 Å². The van der Waals surface area contributed by atoms with E-state index in [0.29, 0.717) is 37.9 Å².